The molecule has 0 aliphatic rings. The molecule has 2 aromatic carbocycles. The molecule has 2 aromatic heterocycles. The van der Waals surface area contributed by atoms with E-state index in [4.69, 9.17) is 0 Å². The van der Waals surface area contributed by atoms with Crippen molar-refractivity contribution in [3.8, 4) is 10.6 Å². The number of carbonyl (C=O) groups excluding carboxylic acids is 1. The van der Waals surface area contributed by atoms with Crippen LogP contribution in [0, 0.1) is 6.92 Å². The lowest BCUT2D eigenvalue weighted by Gasteiger charge is -2.11. The normalized spacial score (nSPS) is 10.8. The van der Waals surface area contributed by atoms with E-state index in [0.29, 0.717) is 5.56 Å². The van der Waals surface area contributed by atoms with Crippen LogP contribution in [-0.4, -0.2) is 15.9 Å². The molecular weight excluding hydrogens is 410 g/mol. The van der Waals surface area contributed by atoms with Crippen LogP contribution in [0.3, 0.4) is 0 Å². The van der Waals surface area contributed by atoms with Gasteiger partial charge in [0.25, 0.3) is 5.91 Å². The summed E-state index contributed by atoms with van der Waals surface area (Å²) in [6.07, 6.45) is 1.77. The van der Waals surface area contributed by atoms with Gasteiger partial charge in [-0.25, -0.2) is 9.97 Å². The highest BCUT2D eigenvalue weighted by Gasteiger charge is 2.13. The number of anilines is 1. The molecule has 0 saturated heterocycles. The lowest BCUT2D eigenvalue weighted by atomic mass is 10.1. The van der Waals surface area contributed by atoms with E-state index in [1.54, 1.807) is 29.7 Å². The van der Waals surface area contributed by atoms with E-state index in [-0.39, 0.29) is 5.91 Å². The quantitative estimate of drug-likeness (QED) is 0.460. The number of aromatic nitrogens is 2. The molecule has 2 heterocycles. The molecular formula is C20H14BrN3OS. The topological polar surface area (TPSA) is 54.9 Å². The Kier molecular flexibility index (Phi) is 4.53. The predicted molar refractivity (Wildman–Crippen MR) is 110 cm³/mol. The molecule has 0 bridgehead atoms. The number of amides is 1. The van der Waals surface area contributed by atoms with Crippen molar-refractivity contribution in [2.75, 3.05) is 5.32 Å². The van der Waals surface area contributed by atoms with Gasteiger partial charge in [0, 0.05) is 27.5 Å². The smallest absolute Gasteiger partial charge is 0.255 e. The summed E-state index contributed by atoms with van der Waals surface area (Å²) >= 11 is 4.93. The van der Waals surface area contributed by atoms with Gasteiger partial charge in [-0.05, 0) is 55.0 Å². The Morgan fingerprint density at radius 3 is 2.65 bits per heavy atom. The van der Waals surface area contributed by atoms with E-state index >= 15 is 0 Å². The number of rotatable bonds is 3. The van der Waals surface area contributed by atoms with Crippen LogP contribution in [-0.2, 0) is 0 Å². The highest BCUT2D eigenvalue weighted by molar-refractivity contribution is 9.10. The molecule has 26 heavy (non-hydrogen) atoms. The lowest BCUT2D eigenvalue weighted by molar-refractivity contribution is 0.102. The van der Waals surface area contributed by atoms with Crippen molar-refractivity contribution < 1.29 is 4.79 Å². The second-order valence-electron chi connectivity index (χ2n) is 5.79. The summed E-state index contributed by atoms with van der Waals surface area (Å²) in [4.78, 5) is 22.5. The molecule has 4 nitrogen and oxygen atoms in total. The molecule has 0 radical (unpaired) electrons. The zero-order valence-corrected chi connectivity index (χ0v) is 16.3. The maximum atomic E-state index is 12.5. The molecule has 4 aromatic rings. The van der Waals surface area contributed by atoms with Crippen molar-refractivity contribution in [1.29, 1.82) is 0 Å². The second kappa shape index (κ2) is 6.97. The fourth-order valence-electron chi connectivity index (χ4n) is 2.68. The van der Waals surface area contributed by atoms with E-state index in [9.17, 15) is 4.79 Å². The Labute approximate surface area is 163 Å². The lowest BCUT2D eigenvalue weighted by Crippen LogP contribution is -2.12. The predicted octanol–water partition coefficient (Wildman–Crippen LogP) is 5.68. The minimum absolute atomic E-state index is 0.135. The highest BCUT2D eigenvalue weighted by Crippen LogP contribution is 2.33. The Morgan fingerprint density at radius 2 is 1.88 bits per heavy atom. The third-order valence-electron chi connectivity index (χ3n) is 4.09. The third-order valence-corrected chi connectivity index (χ3v) is 5.63. The number of carbonyl (C=O) groups is 1. The summed E-state index contributed by atoms with van der Waals surface area (Å²) in [7, 11) is 0. The fraction of sp³-hybridized carbons (Fsp3) is 0.0500. The second-order valence-corrected chi connectivity index (χ2v) is 7.68. The zero-order valence-electron chi connectivity index (χ0n) is 13.9. The highest BCUT2D eigenvalue weighted by atomic mass is 79.9. The molecule has 0 unspecified atom stereocenters. The molecule has 0 atom stereocenters. The van der Waals surface area contributed by atoms with Crippen LogP contribution in [0.5, 0.6) is 0 Å². The number of hydrogen-bond donors (Lipinski definition) is 1. The van der Waals surface area contributed by atoms with Crippen LogP contribution < -0.4 is 5.32 Å². The van der Waals surface area contributed by atoms with Gasteiger partial charge in [0.05, 0.1) is 0 Å². The van der Waals surface area contributed by atoms with Crippen molar-refractivity contribution in [2.24, 2.45) is 0 Å². The summed E-state index contributed by atoms with van der Waals surface area (Å²) in [5.41, 5.74) is 4.26. The monoisotopic (exact) mass is 423 g/mol. The molecule has 128 valence electrons. The van der Waals surface area contributed by atoms with Crippen LogP contribution >= 0.6 is 27.3 Å². The van der Waals surface area contributed by atoms with Gasteiger partial charge in [0.2, 0.25) is 0 Å². The maximum Gasteiger partial charge on any atom is 0.255 e. The first-order valence-corrected chi connectivity index (χ1v) is 9.61. The number of fused-ring (bicyclic) bond motifs is 1. The average molecular weight is 424 g/mol. The number of pyridine rings is 1. The Morgan fingerprint density at radius 1 is 1.08 bits per heavy atom. The number of halogens is 1. The molecule has 0 aliphatic heterocycles. The molecule has 0 aliphatic carbocycles. The Balaban J connectivity index is 1.67. The number of nitrogens with zero attached hydrogens (tertiary/aromatic N) is 2. The van der Waals surface area contributed by atoms with E-state index < -0.39 is 0 Å². The Bertz CT molecular complexity index is 1070. The van der Waals surface area contributed by atoms with Crippen molar-refractivity contribution in [3.63, 3.8) is 0 Å². The summed E-state index contributed by atoms with van der Waals surface area (Å²) in [6, 6.07) is 17.0. The molecule has 0 saturated carbocycles. The number of hydrogen-bond acceptors (Lipinski definition) is 4. The zero-order chi connectivity index (χ0) is 18.1. The van der Waals surface area contributed by atoms with Crippen molar-refractivity contribution >= 4 is 49.2 Å². The maximum absolute atomic E-state index is 12.5. The Hall–Kier alpha value is -2.57. The average Bonchev–Trinajstić information content (AvgIpc) is 3.08. The van der Waals surface area contributed by atoms with Gasteiger partial charge in [-0.15, -0.1) is 0 Å². The van der Waals surface area contributed by atoms with Crippen molar-refractivity contribution in [3.05, 3.63) is 76.4 Å². The molecule has 1 N–H and O–H groups in total. The summed E-state index contributed by atoms with van der Waals surface area (Å²) in [5, 5.41) is 3.90. The SMILES string of the molecule is Cc1c(NC(=O)c2ccc(Br)cc2)cccc1-c1nc2cccnc2s1. The number of thiazole rings is 1. The molecule has 1 amide bonds. The van der Waals surface area contributed by atoms with Gasteiger partial charge in [0.1, 0.15) is 15.4 Å². The molecule has 0 fully saturated rings. The van der Waals surface area contributed by atoms with Gasteiger partial charge in [-0.1, -0.05) is 39.4 Å². The first kappa shape index (κ1) is 16.9. The minimum Gasteiger partial charge on any atom is -0.322 e. The van der Waals surface area contributed by atoms with Gasteiger partial charge < -0.3 is 5.32 Å². The summed E-state index contributed by atoms with van der Waals surface area (Å²) in [6.45, 7) is 1.99. The fourth-order valence-corrected chi connectivity index (χ4v) is 3.94. The van der Waals surface area contributed by atoms with E-state index in [1.165, 1.54) is 0 Å². The number of nitrogens with one attached hydrogen (secondary N) is 1. The number of benzene rings is 2. The standard InChI is InChI=1S/C20H14BrN3OS/c1-12-15(19-24-17-6-3-11-22-20(17)26-19)4-2-5-16(12)23-18(25)13-7-9-14(21)10-8-13/h2-11H,1H3,(H,23,25). The van der Waals surface area contributed by atoms with E-state index in [0.717, 1.165) is 36.6 Å². The van der Waals surface area contributed by atoms with Gasteiger partial charge in [0.15, 0.2) is 0 Å². The third kappa shape index (κ3) is 3.25. The largest absolute Gasteiger partial charge is 0.322 e. The van der Waals surface area contributed by atoms with Gasteiger partial charge >= 0.3 is 0 Å². The minimum atomic E-state index is -0.135. The van der Waals surface area contributed by atoms with E-state index in [1.807, 2.05) is 49.4 Å². The first-order valence-electron chi connectivity index (χ1n) is 8.00. The van der Waals surface area contributed by atoms with Crippen LogP contribution in [0.2, 0.25) is 0 Å². The van der Waals surface area contributed by atoms with Crippen LogP contribution in [0.1, 0.15) is 15.9 Å². The first-order chi connectivity index (χ1) is 12.6. The van der Waals surface area contributed by atoms with Crippen molar-refractivity contribution in [2.45, 2.75) is 6.92 Å². The van der Waals surface area contributed by atoms with Crippen molar-refractivity contribution in [1.82, 2.24) is 9.97 Å². The molecule has 0 spiro atoms. The van der Waals surface area contributed by atoms with Crippen LogP contribution in [0.4, 0.5) is 5.69 Å². The van der Waals surface area contributed by atoms with Crippen LogP contribution in [0.25, 0.3) is 20.9 Å². The summed E-state index contributed by atoms with van der Waals surface area (Å²) in [5.74, 6) is -0.135. The van der Waals surface area contributed by atoms with Gasteiger partial charge in [-0.3, -0.25) is 4.79 Å². The van der Waals surface area contributed by atoms with Gasteiger partial charge in [-0.2, -0.15) is 0 Å². The molecule has 6 heteroatoms. The van der Waals surface area contributed by atoms with E-state index in [2.05, 4.69) is 31.2 Å². The summed E-state index contributed by atoms with van der Waals surface area (Å²) < 4.78 is 0.941. The van der Waals surface area contributed by atoms with Crippen LogP contribution in [0.15, 0.2) is 65.3 Å². The molecule has 4 rings (SSSR count).